The van der Waals surface area contributed by atoms with Gasteiger partial charge in [-0.05, 0) is 29.7 Å². The van der Waals surface area contributed by atoms with Gasteiger partial charge in [0.2, 0.25) is 5.91 Å². The summed E-state index contributed by atoms with van der Waals surface area (Å²) in [5.74, 6) is 0.219. The molecule has 3 aromatic rings. The first-order valence-corrected chi connectivity index (χ1v) is 10.2. The van der Waals surface area contributed by atoms with E-state index < -0.39 is 0 Å². The Hall–Kier alpha value is -2.33. The molecule has 0 atom stereocenters. The molecule has 140 valence electrons. The maximum atomic E-state index is 12.9. The van der Waals surface area contributed by atoms with E-state index in [1.807, 2.05) is 23.1 Å². The zero-order valence-corrected chi connectivity index (χ0v) is 15.7. The molecule has 1 aliphatic heterocycles. The van der Waals surface area contributed by atoms with E-state index in [-0.39, 0.29) is 5.91 Å². The summed E-state index contributed by atoms with van der Waals surface area (Å²) in [6.07, 6.45) is 7.59. The molecule has 5 rings (SSSR count). The SMILES string of the molecule is O=C(Cc1coc2ccc3ccccc3c12)N1CCN(C2CCCC2)CC1. The maximum Gasteiger partial charge on any atom is 0.227 e. The second-order valence-corrected chi connectivity index (χ2v) is 7.95. The summed E-state index contributed by atoms with van der Waals surface area (Å²) in [5.41, 5.74) is 1.87. The molecule has 0 N–H and O–H groups in total. The summed E-state index contributed by atoms with van der Waals surface area (Å²) in [6.45, 7) is 3.74. The van der Waals surface area contributed by atoms with Crippen molar-refractivity contribution in [3.63, 3.8) is 0 Å². The van der Waals surface area contributed by atoms with E-state index in [0.29, 0.717) is 6.42 Å². The van der Waals surface area contributed by atoms with Crippen molar-refractivity contribution in [1.29, 1.82) is 0 Å². The summed E-state index contributed by atoms with van der Waals surface area (Å²) >= 11 is 0. The number of rotatable bonds is 3. The minimum Gasteiger partial charge on any atom is -0.464 e. The van der Waals surface area contributed by atoms with Crippen LogP contribution in [0.3, 0.4) is 0 Å². The van der Waals surface area contributed by atoms with Crippen molar-refractivity contribution >= 4 is 27.6 Å². The molecule has 1 saturated heterocycles. The third-order valence-electron chi connectivity index (χ3n) is 6.39. The molecule has 27 heavy (non-hydrogen) atoms. The van der Waals surface area contributed by atoms with Crippen molar-refractivity contribution in [3.05, 3.63) is 48.2 Å². The number of amides is 1. The fourth-order valence-electron chi connectivity index (χ4n) is 4.89. The van der Waals surface area contributed by atoms with Crippen molar-refractivity contribution in [1.82, 2.24) is 9.80 Å². The van der Waals surface area contributed by atoms with E-state index in [1.165, 1.54) is 31.1 Å². The van der Waals surface area contributed by atoms with Crippen LogP contribution in [0.4, 0.5) is 0 Å². The predicted molar refractivity (Wildman–Crippen MR) is 108 cm³/mol. The molecule has 1 saturated carbocycles. The van der Waals surface area contributed by atoms with E-state index in [1.54, 1.807) is 6.26 Å². The molecule has 0 radical (unpaired) electrons. The fraction of sp³-hybridized carbons (Fsp3) is 0.435. The van der Waals surface area contributed by atoms with Gasteiger partial charge in [0.15, 0.2) is 0 Å². The first kappa shape index (κ1) is 16.8. The highest BCUT2D eigenvalue weighted by atomic mass is 16.3. The monoisotopic (exact) mass is 362 g/mol. The molecule has 0 unspecified atom stereocenters. The lowest BCUT2D eigenvalue weighted by molar-refractivity contribution is -0.132. The van der Waals surface area contributed by atoms with Gasteiger partial charge in [-0.15, -0.1) is 0 Å². The second kappa shape index (κ2) is 7.01. The van der Waals surface area contributed by atoms with Crippen LogP contribution in [0.5, 0.6) is 0 Å². The number of piperazine rings is 1. The van der Waals surface area contributed by atoms with Crippen LogP contribution in [0, 0.1) is 0 Å². The second-order valence-electron chi connectivity index (χ2n) is 7.95. The molecule has 1 aliphatic carbocycles. The van der Waals surface area contributed by atoms with Crippen molar-refractivity contribution in [2.75, 3.05) is 26.2 Å². The Labute approximate surface area is 159 Å². The zero-order valence-electron chi connectivity index (χ0n) is 15.7. The predicted octanol–water partition coefficient (Wildman–Crippen LogP) is 4.22. The summed E-state index contributed by atoms with van der Waals surface area (Å²) in [4.78, 5) is 17.6. The third kappa shape index (κ3) is 3.12. The van der Waals surface area contributed by atoms with Gasteiger partial charge in [0.1, 0.15) is 5.58 Å². The number of hydrogen-bond acceptors (Lipinski definition) is 3. The van der Waals surface area contributed by atoms with Crippen LogP contribution in [0.15, 0.2) is 47.1 Å². The fourth-order valence-corrected chi connectivity index (χ4v) is 4.89. The quantitative estimate of drug-likeness (QED) is 0.700. The zero-order chi connectivity index (χ0) is 18.2. The summed E-state index contributed by atoms with van der Waals surface area (Å²) in [7, 11) is 0. The van der Waals surface area contributed by atoms with Crippen molar-refractivity contribution in [2.45, 2.75) is 38.1 Å². The molecule has 2 aromatic carbocycles. The number of hydrogen-bond donors (Lipinski definition) is 0. The summed E-state index contributed by atoms with van der Waals surface area (Å²) < 4.78 is 5.75. The van der Waals surface area contributed by atoms with E-state index in [4.69, 9.17) is 4.42 Å². The molecule has 0 bridgehead atoms. The number of carbonyl (C=O) groups excluding carboxylic acids is 1. The van der Waals surface area contributed by atoms with Crippen molar-refractivity contribution in [3.8, 4) is 0 Å². The van der Waals surface area contributed by atoms with Crippen LogP contribution in [0.2, 0.25) is 0 Å². The van der Waals surface area contributed by atoms with Gasteiger partial charge in [0.05, 0.1) is 12.7 Å². The van der Waals surface area contributed by atoms with Gasteiger partial charge in [0.25, 0.3) is 0 Å². The number of nitrogens with zero attached hydrogens (tertiary/aromatic N) is 2. The third-order valence-corrected chi connectivity index (χ3v) is 6.39. The van der Waals surface area contributed by atoms with Gasteiger partial charge < -0.3 is 9.32 Å². The lowest BCUT2D eigenvalue weighted by atomic mass is 10.0. The van der Waals surface area contributed by atoms with E-state index in [9.17, 15) is 4.79 Å². The smallest absolute Gasteiger partial charge is 0.227 e. The molecule has 1 aromatic heterocycles. The standard InChI is InChI=1S/C23H26N2O2/c26-22(25-13-11-24(12-14-25)19-6-2-3-7-19)15-18-16-27-21-10-9-17-5-1-4-8-20(17)23(18)21/h1,4-5,8-10,16,19H,2-3,6-7,11-15H2. The summed E-state index contributed by atoms with van der Waals surface area (Å²) in [5, 5.41) is 3.44. The van der Waals surface area contributed by atoms with Crippen LogP contribution in [0.25, 0.3) is 21.7 Å². The molecular weight excluding hydrogens is 336 g/mol. The Balaban J connectivity index is 1.32. The first-order chi connectivity index (χ1) is 13.3. The molecule has 1 amide bonds. The maximum absolute atomic E-state index is 12.9. The highest BCUT2D eigenvalue weighted by Crippen LogP contribution is 2.30. The van der Waals surface area contributed by atoms with Gasteiger partial charge in [-0.1, -0.05) is 43.2 Å². The Morgan fingerprint density at radius 1 is 1.00 bits per heavy atom. The Bertz CT molecular complexity index is 963. The molecule has 2 heterocycles. The highest BCUT2D eigenvalue weighted by Gasteiger charge is 2.28. The highest BCUT2D eigenvalue weighted by molar-refractivity contribution is 6.08. The van der Waals surface area contributed by atoms with Gasteiger partial charge in [0, 0.05) is 43.2 Å². The first-order valence-electron chi connectivity index (χ1n) is 10.2. The normalized spacial score (nSPS) is 19.3. The number of carbonyl (C=O) groups is 1. The lowest BCUT2D eigenvalue weighted by Crippen LogP contribution is -2.51. The number of furan rings is 1. The van der Waals surface area contributed by atoms with Gasteiger partial charge in [-0.3, -0.25) is 9.69 Å². The molecule has 4 heteroatoms. The molecule has 2 aliphatic rings. The minimum absolute atomic E-state index is 0.219. The molecule has 4 nitrogen and oxygen atoms in total. The van der Waals surface area contributed by atoms with Crippen LogP contribution in [0.1, 0.15) is 31.2 Å². The van der Waals surface area contributed by atoms with Gasteiger partial charge in [-0.2, -0.15) is 0 Å². The number of benzene rings is 2. The topological polar surface area (TPSA) is 36.7 Å². The Kier molecular flexibility index (Phi) is 4.36. The van der Waals surface area contributed by atoms with Gasteiger partial charge >= 0.3 is 0 Å². The molecule has 0 spiro atoms. The molecule has 2 fully saturated rings. The van der Waals surface area contributed by atoms with E-state index in [0.717, 1.165) is 54.1 Å². The van der Waals surface area contributed by atoms with Crippen LogP contribution in [-0.4, -0.2) is 47.9 Å². The minimum atomic E-state index is 0.219. The van der Waals surface area contributed by atoms with Crippen molar-refractivity contribution < 1.29 is 9.21 Å². The molecular formula is C23H26N2O2. The van der Waals surface area contributed by atoms with E-state index >= 15 is 0 Å². The van der Waals surface area contributed by atoms with Crippen molar-refractivity contribution in [2.24, 2.45) is 0 Å². The number of fused-ring (bicyclic) bond motifs is 3. The van der Waals surface area contributed by atoms with Crippen LogP contribution >= 0.6 is 0 Å². The Morgan fingerprint density at radius 2 is 1.78 bits per heavy atom. The lowest BCUT2D eigenvalue weighted by Gasteiger charge is -2.38. The van der Waals surface area contributed by atoms with E-state index in [2.05, 4.69) is 23.1 Å². The summed E-state index contributed by atoms with van der Waals surface area (Å²) in [6, 6.07) is 13.1. The average Bonchev–Trinajstić information content (AvgIpc) is 3.38. The van der Waals surface area contributed by atoms with Crippen LogP contribution < -0.4 is 0 Å². The average molecular weight is 362 g/mol. The Morgan fingerprint density at radius 3 is 2.59 bits per heavy atom. The van der Waals surface area contributed by atoms with Crippen LogP contribution in [-0.2, 0) is 11.2 Å². The van der Waals surface area contributed by atoms with Gasteiger partial charge in [-0.25, -0.2) is 0 Å². The largest absolute Gasteiger partial charge is 0.464 e.